The van der Waals surface area contributed by atoms with Crippen molar-refractivity contribution in [2.45, 2.75) is 6.54 Å². The van der Waals surface area contributed by atoms with E-state index in [2.05, 4.69) is 26.0 Å². The highest BCUT2D eigenvalue weighted by Crippen LogP contribution is 2.23. The maximum atomic E-state index is 10.6. The highest BCUT2D eigenvalue weighted by Gasteiger charge is 2.18. The summed E-state index contributed by atoms with van der Waals surface area (Å²) < 4.78 is 1.77. The topological polar surface area (TPSA) is 73.8 Å². The SMILES string of the molecule is O=[N+]([O-])c1nn(Cc2cccnc2Cl)cc1Br. The summed E-state index contributed by atoms with van der Waals surface area (Å²) in [6.45, 7) is 0.332. The molecule has 0 aliphatic rings. The van der Waals surface area contributed by atoms with E-state index in [1.165, 1.54) is 10.9 Å². The summed E-state index contributed by atoms with van der Waals surface area (Å²) in [5.74, 6) is -0.218. The Balaban J connectivity index is 2.28. The van der Waals surface area contributed by atoms with Crippen LogP contribution in [0.25, 0.3) is 0 Å². The Morgan fingerprint density at radius 2 is 2.35 bits per heavy atom. The minimum atomic E-state index is -0.550. The molecule has 2 aromatic rings. The fourth-order valence-electron chi connectivity index (χ4n) is 1.30. The van der Waals surface area contributed by atoms with E-state index in [1.54, 1.807) is 18.3 Å². The van der Waals surface area contributed by atoms with Crippen molar-refractivity contribution >= 4 is 33.3 Å². The van der Waals surface area contributed by atoms with Crippen molar-refractivity contribution in [3.05, 3.63) is 49.8 Å². The predicted octanol–water partition coefficient (Wildman–Crippen LogP) is 2.65. The number of hydrogen-bond acceptors (Lipinski definition) is 4. The van der Waals surface area contributed by atoms with Gasteiger partial charge in [-0.15, -0.1) is 0 Å². The molecule has 0 aliphatic heterocycles. The summed E-state index contributed by atoms with van der Waals surface area (Å²) in [5, 5.41) is 14.8. The van der Waals surface area contributed by atoms with Crippen LogP contribution < -0.4 is 0 Å². The predicted molar refractivity (Wildman–Crippen MR) is 64.9 cm³/mol. The van der Waals surface area contributed by atoms with E-state index >= 15 is 0 Å². The highest BCUT2D eigenvalue weighted by molar-refractivity contribution is 9.10. The minimum Gasteiger partial charge on any atom is -0.358 e. The van der Waals surface area contributed by atoms with Crippen molar-refractivity contribution in [2.24, 2.45) is 0 Å². The molecule has 0 aromatic carbocycles. The fraction of sp³-hybridized carbons (Fsp3) is 0.111. The molecular weight excluding hydrogens is 311 g/mol. The first-order chi connectivity index (χ1) is 8.08. The van der Waals surface area contributed by atoms with Gasteiger partial charge in [0.05, 0.1) is 17.8 Å². The van der Waals surface area contributed by atoms with Gasteiger partial charge in [0, 0.05) is 11.8 Å². The fourth-order valence-corrected chi connectivity index (χ4v) is 1.94. The summed E-state index contributed by atoms with van der Waals surface area (Å²) in [6, 6.07) is 3.53. The zero-order valence-electron chi connectivity index (χ0n) is 8.38. The lowest BCUT2D eigenvalue weighted by atomic mass is 10.3. The van der Waals surface area contributed by atoms with E-state index in [-0.39, 0.29) is 5.82 Å². The number of nitro groups is 1. The average Bonchev–Trinajstić information content (AvgIpc) is 2.63. The molecule has 2 aromatic heterocycles. The molecule has 0 saturated heterocycles. The van der Waals surface area contributed by atoms with Gasteiger partial charge in [0.2, 0.25) is 0 Å². The second kappa shape index (κ2) is 4.80. The third-order valence-electron chi connectivity index (χ3n) is 2.04. The van der Waals surface area contributed by atoms with Crippen LogP contribution in [-0.2, 0) is 6.54 Å². The quantitative estimate of drug-likeness (QED) is 0.495. The standard InChI is InChI=1S/C9H6BrClN4O2/c10-7-5-14(13-9(7)15(16)17)4-6-2-1-3-12-8(6)11/h1-3,5H,4H2. The molecule has 0 atom stereocenters. The second-order valence-corrected chi connectivity index (χ2v) is 4.42. The maximum absolute atomic E-state index is 10.6. The van der Waals surface area contributed by atoms with E-state index < -0.39 is 4.92 Å². The van der Waals surface area contributed by atoms with Gasteiger partial charge in [-0.05, 0) is 26.9 Å². The largest absolute Gasteiger partial charge is 0.404 e. The lowest BCUT2D eigenvalue weighted by Gasteiger charge is -1.99. The van der Waals surface area contributed by atoms with Gasteiger partial charge in [-0.1, -0.05) is 17.7 Å². The van der Waals surface area contributed by atoms with Crippen molar-refractivity contribution < 1.29 is 4.92 Å². The van der Waals surface area contributed by atoms with Crippen LogP contribution in [0.1, 0.15) is 5.56 Å². The van der Waals surface area contributed by atoms with Gasteiger partial charge in [0.1, 0.15) is 9.63 Å². The van der Waals surface area contributed by atoms with Crippen LogP contribution in [-0.4, -0.2) is 19.7 Å². The van der Waals surface area contributed by atoms with Gasteiger partial charge in [-0.25, -0.2) is 4.98 Å². The second-order valence-electron chi connectivity index (χ2n) is 3.21. The first-order valence-electron chi connectivity index (χ1n) is 4.54. The van der Waals surface area contributed by atoms with E-state index in [0.29, 0.717) is 16.2 Å². The third kappa shape index (κ3) is 2.62. The molecular formula is C9H6BrClN4O2. The number of hydrogen-bond donors (Lipinski definition) is 0. The highest BCUT2D eigenvalue weighted by atomic mass is 79.9. The molecule has 0 amide bonds. The van der Waals surface area contributed by atoms with Crippen molar-refractivity contribution in [2.75, 3.05) is 0 Å². The molecule has 6 nitrogen and oxygen atoms in total. The van der Waals surface area contributed by atoms with E-state index in [1.807, 2.05) is 0 Å². The van der Waals surface area contributed by atoms with Crippen molar-refractivity contribution in [1.29, 1.82) is 0 Å². The number of aromatic nitrogens is 3. The Morgan fingerprint density at radius 3 is 2.94 bits per heavy atom. The summed E-state index contributed by atoms with van der Waals surface area (Å²) in [4.78, 5) is 14.0. The zero-order chi connectivity index (χ0) is 12.4. The van der Waals surface area contributed by atoms with Crippen molar-refractivity contribution in [3.8, 4) is 0 Å². The lowest BCUT2D eigenvalue weighted by molar-refractivity contribution is -0.390. The summed E-state index contributed by atoms with van der Waals surface area (Å²) >= 11 is 8.96. The molecule has 0 fully saturated rings. The van der Waals surface area contributed by atoms with Crippen LogP contribution in [0.15, 0.2) is 29.0 Å². The van der Waals surface area contributed by atoms with Crippen molar-refractivity contribution in [1.82, 2.24) is 14.8 Å². The maximum Gasteiger partial charge on any atom is 0.404 e. The van der Waals surface area contributed by atoms with Gasteiger partial charge >= 0.3 is 5.82 Å². The van der Waals surface area contributed by atoms with E-state index in [0.717, 1.165) is 5.56 Å². The van der Waals surface area contributed by atoms with Crippen LogP contribution in [0.4, 0.5) is 5.82 Å². The van der Waals surface area contributed by atoms with Crippen LogP contribution >= 0.6 is 27.5 Å². The van der Waals surface area contributed by atoms with Crippen molar-refractivity contribution in [3.63, 3.8) is 0 Å². The number of pyridine rings is 1. The van der Waals surface area contributed by atoms with E-state index in [9.17, 15) is 10.1 Å². The Bertz CT molecular complexity index is 572. The Morgan fingerprint density at radius 1 is 1.59 bits per heavy atom. The van der Waals surface area contributed by atoms with Crippen LogP contribution in [0.2, 0.25) is 5.15 Å². The molecule has 0 radical (unpaired) electrons. The molecule has 88 valence electrons. The smallest absolute Gasteiger partial charge is 0.358 e. The molecule has 0 saturated carbocycles. The molecule has 0 spiro atoms. The number of halogens is 2. The van der Waals surface area contributed by atoms with Gasteiger partial charge in [-0.2, -0.15) is 4.68 Å². The summed E-state index contributed by atoms with van der Waals surface area (Å²) in [6.07, 6.45) is 3.11. The zero-order valence-corrected chi connectivity index (χ0v) is 10.7. The summed E-state index contributed by atoms with van der Waals surface area (Å²) in [7, 11) is 0. The molecule has 0 bridgehead atoms. The van der Waals surface area contributed by atoms with Crippen LogP contribution in [0.3, 0.4) is 0 Å². The summed E-state index contributed by atoms with van der Waals surface area (Å²) in [5.41, 5.74) is 0.749. The molecule has 17 heavy (non-hydrogen) atoms. The Hall–Kier alpha value is -1.47. The molecule has 8 heteroatoms. The molecule has 0 unspecified atom stereocenters. The average molecular weight is 318 g/mol. The normalized spacial score (nSPS) is 10.5. The van der Waals surface area contributed by atoms with Gasteiger partial charge < -0.3 is 10.1 Å². The Kier molecular flexibility index (Phi) is 3.39. The first-order valence-corrected chi connectivity index (χ1v) is 5.72. The van der Waals surface area contributed by atoms with Gasteiger partial charge in [-0.3, -0.25) is 0 Å². The number of rotatable bonds is 3. The first kappa shape index (κ1) is 12.0. The lowest BCUT2D eigenvalue weighted by Crippen LogP contribution is -2.02. The molecule has 0 N–H and O–H groups in total. The molecule has 2 heterocycles. The monoisotopic (exact) mass is 316 g/mol. The molecule has 2 rings (SSSR count). The minimum absolute atomic E-state index is 0.218. The van der Waals surface area contributed by atoms with E-state index in [4.69, 9.17) is 11.6 Å². The van der Waals surface area contributed by atoms with Crippen LogP contribution in [0, 0.1) is 10.1 Å². The molecule has 0 aliphatic carbocycles. The Labute approximate surface area is 110 Å². The van der Waals surface area contributed by atoms with Crippen LogP contribution in [0.5, 0.6) is 0 Å². The van der Waals surface area contributed by atoms with Gasteiger partial charge in [0.15, 0.2) is 0 Å². The van der Waals surface area contributed by atoms with Gasteiger partial charge in [0.25, 0.3) is 0 Å². The third-order valence-corrected chi connectivity index (χ3v) is 2.94. The number of nitrogens with zero attached hydrogens (tertiary/aromatic N) is 4.